The molecule has 4 aromatic heterocycles. The molecule has 0 spiro atoms. The van der Waals surface area contributed by atoms with Gasteiger partial charge in [0.25, 0.3) is 0 Å². The number of anilines is 2. The van der Waals surface area contributed by atoms with Crippen molar-refractivity contribution in [1.29, 1.82) is 0 Å². The predicted octanol–water partition coefficient (Wildman–Crippen LogP) is 9.52. The lowest BCUT2D eigenvalue weighted by Gasteiger charge is -2.04. The van der Waals surface area contributed by atoms with Gasteiger partial charge in [0.15, 0.2) is 10.3 Å². The van der Waals surface area contributed by atoms with Gasteiger partial charge in [-0.25, -0.2) is 9.97 Å². The highest BCUT2D eigenvalue weighted by atomic mass is 35.5. The Labute approximate surface area is 258 Å². The minimum atomic E-state index is 0.497. The van der Waals surface area contributed by atoms with Crippen molar-refractivity contribution < 1.29 is 0 Å². The number of hydrogen-bond acceptors (Lipinski definition) is 8. The van der Waals surface area contributed by atoms with Crippen molar-refractivity contribution in [2.45, 2.75) is 0 Å². The Balaban J connectivity index is 0.000000161. The quantitative estimate of drug-likeness (QED) is 0.198. The zero-order valence-corrected chi connectivity index (χ0v) is 25.0. The second kappa shape index (κ2) is 12.5. The Morgan fingerprint density at radius 1 is 0.475 bits per heavy atom. The van der Waals surface area contributed by atoms with Gasteiger partial charge in [0, 0.05) is 35.9 Å². The van der Waals surface area contributed by atoms with Gasteiger partial charge in [0.1, 0.15) is 0 Å². The van der Waals surface area contributed by atoms with Crippen LogP contribution in [0.1, 0.15) is 0 Å². The first-order valence-corrected chi connectivity index (χ1v) is 14.7. The van der Waals surface area contributed by atoms with Crippen LogP contribution in [0.2, 0.25) is 20.1 Å². The maximum absolute atomic E-state index is 6.07. The summed E-state index contributed by atoms with van der Waals surface area (Å²) in [6.07, 6.45) is 6.96. The van der Waals surface area contributed by atoms with Crippen molar-refractivity contribution in [2.24, 2.45) is 0 Å². The van der Waals surface area contributed by atoms with Crippen LogP contribution in [0.5, 0.6) is 0 Å². The second-order valence-electron chi connectivity index (χ2n) is 8.19. The molecule has 2 aromatic carbocycles. The van der Waals surface area contributed by atoms with Gasteiger partial charge in [-0.3, -0.25) is 9.97 Å². The topological polar surface area (TPSA) is 104 Å². The van der Waals surface area contributed by atoms with E-state index in [2.05, 4.69) is 19.9 Å². The van der Waals surface area contributed by atoms with Crippen LogP contribution in [-0.4, -0.2) is 19.9 Å². The molecular weight excluding hydrogens is 626 g/mol. The standard InChI is InChI=1S/2C14H9Cl2N3S/c2*15-10-2-1-9(7-11(10)16)12-13(20-14(17)19-12)8-3-5-18-6-4-8/h2*1-7H,(H2,17,19). The average molecular weight is 644 g/mol. The predicted molar refractivity (Wildman–Crippen MR) is 170 cm³/mol. The Kier molecular flexibility index (Phi) is 8.85. The van der Waals surface area contributed by atoms with Gasteiger partial charge in [-0.1, -0.05) is 81.2 Å². The fourth-order valence-corrected chi connectivity index (χ4v) is 6.07. The molecule has 6 nitrogen and oxygen atoms in total. The third kappa shape index (κ3) is 6.39. The zero-order chi connectivity index (χ0) is 28.2. The Bertz CT molecular complexity index is 1640. The average Bonchev–Trinajstić information content (AvgIpc) is 3.56. The van der Waals surface area contributed by atoms with E-state index in [1.54, 1.807) is 49.1 Å². The lowest BCUT2D eigenvalue weighted by Crippen LogP contribution is -1.85. The van der Waals surface area contributed by atoms with Crippen LogP contribution in [0.25, 0.3) is 43.4 Å². The number of nitrogens with two attached hydrogens (primary N) is 2. The third-order valence-corrected chi connectivity index (χ3v) is 8.90. The smallest absolute Gasteiger partial charge is 0.181 e. The molecule has 0 aliphatic heterocycles. The van der Waals surface area contributed by atoms with Crippen molar-refractivity contribution in [3.63, 3.8) is 0 Å². The van der Waals surface area contributed by atoms with Crippen molar-refractivity contribution >= 4 is 79.3 Å². The molecule has 0 aliphatic rings. The number of benzene rings is 2. The minimum absolute atomic E-state index is 0.497. The fraction of sp³-hybridized carbons (Fsp3) is 0. The summed E-state index contributed by atoms with van der Waals surface area (Å²) in [6, 6.07) is 18.6. The van der Waals surface area contributed by atoms with E-state index in [1.807, 2.05) is 36.4 Å². The van der Waals surface area contributed by atoms with Crippen LogP contribution in [-0.2, 0) is 0 Å². The fourth-order valence-electron chi connectivity index (χ4n) is 3.75. The lowest BCUT2D eigenvalue weighted by atomic mass is 10.1. The molecule has 0 saturated heterocycles. The maximum atomic E-state index is 6.07. The van der Waals surface area contributed by atoms with Gasteiger partial charge in [0.05, 0.1) is 41.2 Å². The molecule has 0 bridgehead atoms. The number of hydrogen-bond donors (Lipinski definition) is 2. The van der Waals surface area contributed by atoms with E-state index in [0.717, 1.165) is 43.4 Å². The molecule has 4 heterocycles. The molecule has 0 amide bonds. The van der Waals surface area contributed by atoms with E-state index >= 15 is 0 Å². The van der Waals surface area contributed by atoms with Gasteiger partial charge in [-0.2, -0.15) is 0 Å². The second-order valence-corrected chi connectivity index (χ2v) is 11.9. The molecule has 200 valence electrons. The van der Waals surface area contributed by atoms with Crippen LogP contribution in [0, 0.1) is 0 Å². The number of rotatable bonds is 4. The summed E-state index contributed by atoms with van der Waals surface area (Å²) >= 11 is 26.9. The van der Waals surface area contributed by atoms with Gasteiger partial charge in [0.2, 0.25) is 0 Å². The van der Waals surface area contributed by atoms with Gasteiger partial charge >= 0.3 is 0 Å². The molecule has 12 heteroatoms. The van der Waals surface area contributed by atoms with Crippen LogP contribution in [0.4, 0.5) is 10.3 Å². The van der Waals surface area contributed by atoms with E-state index in [9.17, 15) is 0 Å². The molecule has 0 radical (unpaired) electrons. The zero-order valence-electron chi connectivity index (χ0n) is 20.4. The first-order valence-electron chi connectivity index (χ1n) is 11.5. The summed E-state index contributed by atoms with van der Waals surface area (Å²) in [4.78, 5) is 18.8. The van der Waals surface area contributed by atoms with Crippen LogP contribution < -0.4 is 11.5 Å². The first-order chi connectivity index (χ1) is 19.3. The highest BCUT2D eigenvalue weighted by Crippen LogP contribution is 2.40. The minimum Gasteiger partial charge on any atom is -0.375 e. The number of nitrogens with zero attached hydrogens (tertiary/aromatic N) is 4. The third-order valence-electron chi connectivity index (χ3n) is 5.56. The summed E-state index contributed by atoms with van der Waals surface area (Å²) in [6.45, 7) is 0. The Morgan fingerprint density at radius 2 is 0.850 bits per heavy atom. The molecule has 0 aliphatic carbocycles. The van der Waals surface area contributed by atoms with Crippen molar-refractivity contribution in [2.75, 3.05) is 11.5 Å². The monoisotopic (exact) mass is 642 g/mol. The highest BCUT2D eigenvalue weighted by molar-refractivity contribution is 7.19. The number of halogens is 4. The van der Waals surface area contributed by atoms with Crippen LogP contribution in [0.15, 0.2) is 85.5 Å². The van der Waals surface area contributed by atoms with Crippen molar-refractivity contribution in [3.05, 3.63) is 106 Å². The molecule has 4 N–H and O–H groups in total. The summed E-state index contributed by atoms with van der Waals surface area (Å²) in [7, 11) is 0. The van der Waals surface area contributed by atoms with Gasteiger partial charge in [-0.15, -0.1) is 0 Å². The lowest BCUT2D eigenvalue weighted by molar-refractivity contribution is 1.33. The summed E-state index contributed by atoms with van der Waals surface area (Å²) in [5.41, 5.74) is 17.1. The SMILES string of the molecule is Nc1nc(-c2ccc(Cl)c(Cl)c2)c(-c2ccncc2)s1.Nc1nc(-c2ccc(Cl)c(Cl)c2)c(-c2ccncc2)s1. The maximum Gasteiger partial charge on any atom is 0.181 e. The normalized spacial score (nSPS) is 10.7. The first kappa shape index (κ1) is 28.3. The largest absolute Gasteiger partial charge is 0.375 e. The summed E-state index contributed by atoms with van der Waals surface area (Å²) < 4.78 is 0. The number of nitrogen functional groups attached to an aromatic ring is 2. The number of pyridine rings is 2. The molecule has 40 heavy (non-hydrogen) atoms. The molecule has 6 rings (SSSR count). The van der Waals surface area contributed by atoms with E-state index in [0.29, 0.717) is 30.4 Å². The number of thiazole rings is 2. The molecular formula is C28H18Cl4N6S2. The van der Waals surface area contributed by atoms with Crippen LogP contribution >= 0.6 is 69.1 Å². The van der Waals surface area contributed by atoms with Crippen LogP contribution in [0.3, 0.4) is 0 Å². The van der Waals surface area contributed by atoms with E-state index < -0.39 is 0 Å². The van der Waals surface area contributed by atoms with E-state index in [-0.39, 0.29) is 0 Å². The molecule has 0 atom stereocenters. The molecule has 0 unspecified atom stereocenters. The van der Waals surface area contributed by atoms with Gasteiger partial charge in [-0.05, 0) is 59.7 Å². The molecule has 0 fully saturated rings. The van der Waals surface area contributed by atoms with Crippen molar-refractivity contribution in [3.8, 4) is 43.4 Å². The Morgan fingerprint density at radius 3 is 1.20 bits per heavy atom. The molecule has 0 saturated carbocycles. The molecule has 6 aromatic rings. The highest BCUT2D eigenvalue weighted by Gasteiger charge is 2.16. The summed E-state index contributed by atoms with van der Waals surface area (Å²) in [5.74, 6) is 0. The van der Waals surface area contributed by atoms with Crippen molar-refractivity contribution in [1.82, 2.24) is 19.9 Å². The van der Waals surface area contributed by atoms with E-state index in [1.165, 1.54) is 22.7 Å². The van der Waals surface area contributed by atoms with Gasteiger partial charge < -0.3 is 11.5 Å². The van der Waals surface area contributed by atoms with E-state index in [4.69, 9.17) is 57.9 Å². The Hall–Kier alpha value is -3.24. The number of aromatic nitrogens is 4. The summed E-state index contributed by atoms with van der Waals surface area (Å²) in [5, 5.41) is 3.05.